The zero-order valence-corrected chi connectivity index (χ0v) is 15.3. The highest BCUT2D eigenvalue weighted by molar-refractivity contribution is 5.86. The number of hydrogen-bond donors (Lipinski definition) is 2. The smallest absolute Gasteiger partial charge is 0.121 e. The molecule has 0 saturated carbocycles. The predicted octanol–water partition coefficient (Wildman–Crippen LogP) is 1.93. The summed E-state index contributed by atoms with van der Waals surface area (Å²) in [5.74, 6) is 0. The van der Waals surface area contributed by atoms with E-state index in [1.807, 2.05) is 0 Å². The van der Waals surface area contributed by atoms with Gasteiger partial charge in [0.05, 0.1) is 6.54 Å². The standard InChI is InChI=1S/C21H30N2O2/c1-15-8-9-21-19(11-15)18-6-2-3-7-20(18)23(21)14-16(24)12-22-13-17-5-4-10-25-17/h8-9,11,16-17,22,24H,2-7,10,12-14H2,1H3/p+1/t16-,17-/m0/s1. The zero-order valence-electron chi connectivity index (χ0n) is 15.3. The first-order chi connectivity index (χ1) is 12.2. The quantitative estimate of drug-likeness (QED) is 0.842. The highest BCUT2D eigenvalue weighted by atomic mass is 16.5. The fourth-order valence-electron chi connectivity index (χ4n) is 4.55. The van der Waals surface area contributed by atoms with Gasteiger partial charge in [-0.1, -0.05) is 11.6 Å². The van der Waals surface area contributed by atoms with Crippen LogP contribution in [0.2, 0.25) is 0 Å². The third-order valence-corrected chi connectivity index (χ3v) is 5.82. The number of aryl methyl sites for hydroxylation is 2. The Morgan fingerprint density at radius 3 is 3.00 bits per heavy atom. The van der Waals surface area contributed by atoms with Crippen LogP contribution in [-0.2, 0) is 24.1 Å². The highest BCUT2D eigenvalue weighted by Crippen LogP contribution is 2.32. The van der Waals surface area contributed by atoms with E-state index in [4.69, 9.17) is 4.74 Å². The second-order valence-electron chi connectivity index (χ2n) is 7.81. The summed E-state index contributed by atoms with van der Waals surface area (Å²) in [5, 5.41) is 14.3. The van der Waals surface area contributed by atoms with Crippen molar-refractivity contribution < 1.29 is 15.2 Å². The van der Waals surface area contributed by atoms with Crippen LogP contribution in [0.25, 0.3) is 10.9 Å². The van der Waals surface area contributed by atoms with Gasteiger partial charge in [-0.25, -0.2) is 0 Å². The molecule has 2 atom stereocenters. The lowest BCUT2D eigenvalue weighted by atomic mass is 9.95. The number of ether oxygens (including phenoxy) is 1. The minimum Gasteiger partial charge on any atom is -0.385 e. The number of aliphatic hydroxyl groups is 1. The first kappa shape index (κ1) is 17.1. The van der Waals surface area contributed by atoms with Crippen LogP contribution < -0.4 is 5.32 Å². The molecule has 0 unspecified atom stereocenters. The van der Waals surface area contributed by atoms with E-state index in [0.29, 0.717) is 12.6 Å². The summed E-state index contributed by atoms with van der Waals surface area (Å²) < 4.78 is 8.06. The molecule has 0 bridgehead atoms. The van der Waals surface area contributed by atoms with Crippen LogP contribution in [0, 0.1) is 6.92 Å². The van der Waals surface area contributed by atoms with Gasteiger partial charge in [-0.05, 0) is 63.1 Å². The molecule has 0 radical (unpaired) electrons. The summed E-state index contributed by atoms with van der Waals surface area (Å²) in [7, 11) is 0. The summed E-state index contributed by atoms with van der Waals surface area (Å²) in [6.45, 7) is 5.50. The molecule has 1 fully saturated rings. The maximum Gasteiger partial charge on any atom is 0.121 e. The molecule has 2 heterocycles. The van der Waals surface area contributed by atoms with Crippen molar-refractivity contribution in [1.29, 1.82) is 0 Å². The average molecular weight is 343 g/mol. The van der Waals surface area contributed by atoms with E-state index in [-0.39, 0.29) is 6.10 Å². The van der Waals surface area contributed by atoms with Gasteiger partial charge in [-0.15, -0.1) is 0 Å². The molecular weight excluding hydrogens is 312 g/mol. The Morgan fingerprint density at radius 1 is 1.28 bits per heavy atom. The third kappa shape index (κ3) is 3.62. The molecule has 2 aliphatic rings. The Labute approximate surface area is 150 Å². The van der Waals surface area contributed by atoms with Gasteiger partial charge in [-0.3, -0.25) is 0 Å². The van der Waals surface area contributed by atoms with Crippen molar-refractivity contribution in [3.05, 3.63) is 35.0 Å². The fourth-order valence-corrected chi connectivity index (χ4v) is 4.55. The molecule has 136 valence electrons. The van der Waals surface area contributed by atoms with E-state index in [2.05, 4.69) is 35.0 Å². The summed E-state index contributed by atoms with van der Waals surface area (Å²) in [6, 6.07) is 6.76. The number of aromatic nitrogens is 1. The summed E-state index contributed by atoms with van der Waals surface area (Å²) in [6.07, 6.45) is 7.31. The number of fused-ring (bicyclic) bond motifs is 3. The molecule has 2 aromatic rings. The molecule has 0 amide bonds. The SMILES string of the molecule is Cc1ccc2c(c1)c1c(n2C[C@@H](O)C[NH2+]C[C@@H]2CCCO2)CCCC1. The van der Waals surface area contributed by atoms with E-state index in [0.717, 1.165) is 26.1 Å². The van der Waals surface area contributed by atoms with Gasteiger partial charge >= 0.3 is 0 Å². The first-order valence-corrected chi connectivity index (χ1v) is 9.94. The molecule has 25 heavy (non-hydrogen) atoms. The van der Waals surface area contributed by atoms with Crippen LogP contribution in [0.1, 0.15) is 42.5 Å². The van der Waals surface area contributed by atoms with Crippen LogP contribution in [0.4, 0.5) is 0 Å². The number of benzene rings is 1. The maximum atomic E-state index is 10.6. The van der Waals surface area contributed by atoms with Crippen molar-refractivity contribution in [2.75, 3.05) is 19.7 Å². The Balaban J connectivity index is 1.48. The van der Waals surface area contributed by atoms with Crippen molar-refractivity contribution >= 4 is 10.9 Å². The molecule has 0 spiro atoms. The number of nitrogens with zero attached hydrogens (tertiary/aromatic N) is 1. The Kier molecular flexibility index (Phi) is 5.11. The number of quaternary nitrogens is 1. The minimum absolute atomic E-state index is 0.315. The highest BCUT2D eigenvalue weighted by Gasteiger charge is 2.22. The number of rotatable bonds is 6. The molecule has 1 saturated heterocycles. The molecule has 1 aliphatic heterocycles. The number of nitrogens with two attached hydrogens (primary N) is 1. The lowest BCUT2D eigenvalue weighted by Gasteiger charge is -2.18. The van der Waals surface area contributed by atoms with Crippen molar-refractivity contribution in [2.24, 2.45) is 0 Å². The molecule has 1 aliphatic carbocycles. The minimum atomic E-state index is -0.315. The second-order valence-corrected chi connectivity index (χ2v) is 7.81. The van der Waals surface area contributed by atoms with Crippen LogP contribution in [-0.4, -0.2) is 41.6 Å². The largest absolute Gasteiger partial charge is 0.385 e. The molecule has 4 rings (SSSR count). The lowest BCUT2D eigenvalue weighted by Crippen LogP contribution is -2.88. The predicted molar refractivity (Wildman–Crippen MR) is 100.0 cm³/mol. The van der Waals surface area contributed by atoms with Gasteiger partial charge < -0.3 is 19.7 Å². The van der Waals surface area contributed by atoms with Gasteiger partial charge in [0.15, 0.2) is 0 Å². The topological polar surface area (TPSA) is 51.0 Å². The van der Waals surface area contributed by atoms with Crippen molar-refractivity contribution in [3.63, 3.8) is 0 Å². The lowest BCUT2D eigenvalue weighted by molar-refractivity contribution is -0.666. The first-order valence-electron chi connectivity index (χ1n) is 9.94. The van der Waals surface area contributed by atoms with E-state index >= 15 is 0 Å². The maximum absolute atomic E-state index is 10.6. The number of aliphatic hydroxyl groups excluding tert-OH is 1. The summed E-state index contributed by atoms with van der Waals surface area (Å²) >= 11 is 0. The van der Waals surface area contributed by atoms with Gasteiger partial charge in [0, 0.05) is 23.2 Å². The van der Waals surface area contributed by atoms with Crippen molar-refractivity contribution in [2.45, 2.75) is 64.2 Å². The molecule has 1 aromatic heterocycles. The Hall–Kier alpha value is -1.36. The Morgan fingerprint density at radius 2 is 2.16 bits per heavy atom. The molecule has 3 N–H and O–H groups in total. The molecular formula is C21H31N2O2+. The van der Waals surface area contributed by atoms with Gasteiger partial charge in [0.1, 0.15) is 25.3 Å². The van der Waals surface area contributed by atoms with Crippen LogP contribution in [0.15, 0.2) is 18.2 Å². The van der Waals surface area contributed by atoms with Crippen LogP contribution in [0.5, 0.6) is 0 Å². The van der Waals surface area contributed by atoms with Gasteiger partial charge in [0.25, 0.3) is 0 Å². The van der Waals surface area contributed by atoms with E-state index in [1.165, 1.54) is 59.8 Å². The fraction of sp³-hybridized carbons (Fsp3) is 0.619. The average Bonchev–Trinajstić information content (AvgIpc) is 3.22. The van der Waals surface area contributed by atoms with Gasteiger partial charge in [0.2, 0.25) is 0 Å². The van der Waals surface area contributed by atoms with Crippen LogP contribution >= 0.6 is 0 Å². The monoisotopic (exact) mass is 343 g/mol. The second kappa shape index (κ2) is 7.48. The van der Waals surface area contributed by atoms with Crippen molar-refractivity contribution in [1.82, 2.24) is 4.57 Å². The summed E-state index contributed by atoms with van der Waals surface area (Å²) in [4.78, 5) is 0. The van der Waals surface area contributed by atoms with Crippen molar-refractivity contribution in [3.8, 4) is 0 Å². The number of hydrogen-bond acceptors (Lipinski definition) is 2. The van der Waals surface area contributed by atoms with Gasteiger partial charge in [-0.2, -0.15) is 0 Å². The molecule has 4 nitrogen and oxygen atoms in total. The molecule has 4 heteroatoms. The normalized spacial score (nSPS) is 21.6. The zero-order chi connectivity index (χ0) is 17.2. The summed E-state index contributed by atoms with van der Waals surface area (Å²) in [5.41, 5.74) is 5.62. The van der Waals surface area contributed by atoms with E-state index < -0.39 is 0 Å². The van der Waals surface area contributed by atoms with E-state index in [9.17, 15) is 5.11 Å². The van der Waals surface area contributed by atoms with E-state index in [1.54, 1.807) is 0 Å². The molecule has 1 aromatic carbocycles. The Bertz CT molecular complexity index is 731. The third-order valence-electron chi connectivity index (χ3n) is 5.82. The van der Waals surface area contributed by atoms with Crippen LogP contribution in [0.3, 0.4) is 0 Å².